The van der Waals surface area contributed by atoms with Gasteiger partial charge in [-0.3, -0.25) is 4.79 Å². The lowest BCUT2D eigenvalue weighted by Gasteiger charge is -2.14. The molecule has 0 saturated heterocycles. The minimum Gasteiger partial charge on any atom is -0.352 e. The molecule has 110 valence electrons. The number of methoxy groups -OCH3 is 2. The van der Waals surface area contributed by atoms with E-state index in [1.165, 1.54) is 0 Å². The third-order valence-corrected chi connectivity index (χ3v) is 3.10. The van der Waals surface area contributed by atoms with Crippen LogP contribution in [0.4, 0.5) is 5.69 Å². The maximum Gasteiger partial charge on any atom is 0.228 e. The molecule has 0 atom stereocenters. The summed E-state index contributed by atoms with van der Waals surface area (Å²) in [6, 6.07) is 17.1. The number of hydrogen-bond donors (Lipinski definition) is 1. The second-order valence-electron chi connectivity index (χ2n) is 4.64. The van der Waals surface area contributed by atoms with E-state index in [9.17, 15) is 4.79 Å². The maximum atomic E-state index is 12.0. The third kappa shape index (κ3) is 4.41. The van der Waals surface area contributed by atoms with Crippen LogP contribution in [0.3, 0.4) is 0 Å². The van der Waals surface area contributed by atoms with Crippen molar-refractivity contribution in [1.82, 2.24) is 0 Å². The molecule has 0 aliphatic rings. The van der Waals surface area contributed by atoms with Gasteiger partial charge in [0.25, 0.3) is 0 Å². The second-order valence-corrected chi connectivity index (χ2v) is 4.64. The maximum absolute atomic E-state index is 12.0. The Balaban J connectivity index is 1.95. The second kappa shape index (κ2) is 7.57. The van der Waals surface area contributed by atoms with E-state index >= 15 is 0 Å². The molecule has 0 bridgehead atoms. The first-order valence-electron chi connectivity index (χ1n) is 6.72. The predicted molar refractivity (Wildman–Crippen MR) is 82.0 cm³/mol. The van der Waals surface area contributed by atoms with E-state index in [1.54, 1.807) is 14.2 Å². The average molecular weight is 285 g/mol. The highest BCUT2D eigenvalue weighted by molar-refractivity contribution is 5.92. The molecule has 0 radical (unpaired) electrons. The molecule has 0 heterocycles. The number of nitrogens with one attached hydrogen (secondary N) is 1. The van der Waals surface area contributed by atoms with Crippen molar-refractivity contribution in [2.45, 2.75) is 12.7 Å². The summed E-state index contributed by atoms with van der Waals surface area (Å²) in [4.78, 5) is 12.0. The van der Waals surface area contributed by atoms with Gasteiger partial charge in [0.05, 0.1) is 6.42 Å². The summed E-state index contributed by atoms with van der Waals surface area (Å²) in [6.07, 6.45) is -0.0273. The smallest absolute Gasteiger partial charge is 0.228 e. The van der Waals surface area contributed by atoms with E-state index in [-0.39, 0.29) is 12.2 Å². The summed E-state index contributed by atoms with van der Waals surface area (Å²) in [5, 5.41) is 2.87. The topological polar surface area (TPSA) is 47.6 Å². The fourth-order valence-electron chi connectivity index (χ4n) is 2.08. The van der Waals surface area contributed by atoms with E-state index in [4.69, 9.17) is 9.47 Å². The van der Waals surface area contributed by atoms with Crippen LogP contribution < -0.4 is 5.32 Å². The highest BCUT2D eigenvalue weighted by Crippen LogP contribution is 2.19. The van der Waals surface area contributed by atoms with E-state index in [0.29, 0.717) is 6.42 Å². The molecule has 0 spiro atoms. The number of anilines is 1. The molecular weight excluding hydrogens is 266 g/mol. The molecule has 4 heteroatoms. The summed E-state index contributed by atoms with van der Waals surface area (Å²) in [6.45, 7) is 0. The average Bonchev–Trinajstić information content (AvgIpc) is 2.51. The van der Waals surface area contributed by atoms with Crippen molar-refractivity contribution >= 4 is 11.6 Å². The molecule has 2 rings (SSSR count). The van der Waals surface area contributed by atoms with Crippen molar-refractivity contribution < 1.29 is 14.3 Å². The predicted octanol–water partition coefficient (Wildman–Crippen LogP) is 3.16. The Labute approximate surface area is 124 Å². The fourth-order valence-corrected chi connectivity index (χ4v) is 2.08. The summed E-state index contributed by atoms with van der Waals surface area (Å²) >= 11 is 0. The van der Waals surface area contributed by atoms with Gasteiger partial charge in [0.2, 0.25) is 5.91 Å². The van der Waals surface area contributed by atoms with Crippen LogP contribution >= 0.6 is 0 Å². The van der Waals surface area contributed by atoms with Crippen molar-refractivity contribution in [2.75, 3.05) is 19.5 Å². The van der Waals surface area contributed by atoms with Gasteiger partial charge in [0.1, 0.15) is 0 Å². The van der Waals surface area contributed by atoms with Crippen molar-refractivity contribution in [3.63, 3.8) is 0 Å². The van der Waals surface area contributed by atoms with Gasteiger partial charge >= 0.3 is 0 Å². The number of carbonyl (C=O) groups is 1. The number of benzene rings is 2. The van der Waals surface area contributed by atoms with Gasteiger partial charge < -0.3 is 14.8 Å². The number of ether oxygens (including phenoxy) is 2. The highest BCUT2D eigenvalue weighted by Gasteiger charge is 2.09. The first kappa shape index (κ1) is 15.2. The standard InChI is InChI=1S/C17H19NO3/c1-20-17(21-2)14-8-10-15(11-9-14)18-16(19)12-13-6-4-3-5-7-13/h3-11,17H,12H2,1-2H3,(H,18,19). The van der Waals surface area contributed by atoms with Crippen LogP contribution in [0.1, 0.15) is 17.4 Å². The van der Waals surface area contributed by atoms with Crippen molar-refractivity contribution in [3.05, 3.63) is 65.7 Å². The van der Waals surface area contributed by atoms with Gasteiger partial charge in [0.15, 0.2) is 6.29 Å². The molecule has 21 heavy (non-hydrogen) atoms. The highest BCUT2D eigenvalue weighted by atomic mass is 16.7. The Bertz CT molecular complexity index is 562. The van der Waals surface area contributed by atoms with E-state index in [1.807, 2.05) is 54.6 Å². The van der Waals surface area contributed by atoms with Gasteiger partial charge in [-0.15, -0.1) is 0 Å². The third-order valence-electron chi connectivity index (χ3n) is 3.10. The molecular formula is C17H19NO3. The zero-order valence-electron chi connectivity index (χ0n) is 12.2. The van der Waals surface area contributed by atoms with Crippen molar-refractivity contribution in [2.24, 2.45) is 0 Å². The molecule has 0 saturated carbocycles. The van der Waals surface area contributed by atoms with Gasteiger partial charge in [-0.2, -0.15) is 0 Å². The molecule has 1 amide bonds. The van der Waals surface area contributed by atoms with Crippen LogP contribution in [0.2, 0.25) is 0 Å². The van der Waals surface area contributed by atoms with Crippen LogP contribution in [0.15, 0.2) is 54.6 Å². The van der Waals surface area contributed by atoms with Gasteiger partial charge in [-0.1, -0.05) is 42.5 Å². The summed E-state index contributed by atoms with van der Waals surface area (Å²) in [5.41, 5.74) is 2.65. The van der Waals surface area contributed by atoms with Gasteiger partial charge in [-0.25, -0.2) is 0 Å². The lowest BCUT2D eigenvalue weighted by molar-refractivity contribution is -0.115. The Morgan fingerprint density at radius 1 is 1.00 bits per heavy atom. The quantitative estimate of drug-likeness (QED) is 0.829. The normalized spacial score (nSPS) is 10.6. The number of amides is 1. The first-order valence-corrected chi connectivity index (χ1v) is 6.72. The van der Waals surface area contributed by atoms with Crippen LogP contribution in [-0.2, 0) is 20.7 Å². The van der Waals surface area contributed by atoms with Crippen molar-refractivity contribution in [3.8, 4) is 0 Å². The lowest BCUT2D eigenvalue weighted by Crippen LogP contribution is -2.14. The van der Waals surface area contributed by atoms with E-state index in [2.05, 4.69) is 5.32 Å². The molecule has 4 nitrogen and oxygen atoms in total. The molecule has 0 fully saturated rings. The molecule has 0 aromatic heterocycles. The Morgan fingerprint density at radius 3 is 2.19 bits per heavy atom. The fraction of sp³-hybridized carbons (Fsp3) is 0.235. The number of carbonyl (C=O) groups excluding carboxylic acids is 1. The van der Waals surface area contributed by atoms with Gasteiger partial charge in [0, 0.05) is 25.5 Å². The largest absolute Gasteiger partial charge is 0.352 e. The minimum atomic E-state index is -0.390. The summed E-state index contributed by atoms with van der Waals surface area (Å²) in [7, 11) is 3.17. The van der Waals surface area contributed by atoms with Crippen LogP contribution in [0, 0.1) is 0 Å². The van der Waals surface area contributed by atoms with E-state index in [0.717, 1.165) is 16.8 Å². The SMILES string of the molecule is COC(OC)c1ccc(NC(=O)Cc2ccccc2)cc1. The summed E-state index contributed by atoms with van der Waals surface area (Å²) < 4.78 is 10.4. The monoisotopic (exact) mass is 285 g/mol. The Hall–Kier alpha value is -2.17. The zero-order chi connectivity index (χ0) is 15.1. The summed E-state index contributed by atoms with van der Waals surface area (Å²) in [5.74, 6) is -0.0380. The molecule has 0 aliphatic carbocycles. The lowest BCUT2D eigenvalue weighted by atomic mass is 10.1. The zero-order valence-corrected chi connectivity index (χ0v) is 12.2. The first-order chi connectivity index (χ1) is 10.2. The van der Waals surface area contributed by atoms with Crippen molar-refractivity contribution in [1.29, 1.82) is 0 Å². The van der Waals surface area contributed by atoms with Crippen LogP contribution in [0.5, 0.6) is 0 Å². The Morgan fingerprint density at radius 2 is 1.62 bits per heavy atom. The Kier molecular flexibility index (Phi) is 5.49. The molecule has 1 N–H and O–H groups in total. The molecule has 2 aromatic carbocycles. The number of rotatable bonds is 6. The van der Waals surface area contributed by atoms with Crippen LogP contribution in [0.25, 0.3) is 0 Å². The van der Waals surface area contributed by atoms with Crippen LogP contribution in [-0.4, -0.2) is 20.1 Å². The molecule has 2 aromatic rings. The molecule has 0 unspecified atom stereocenters. The number of hydrogen-bond acceptors (Lipinski definition) is 3. The van der Waals surface area contributed by atoms with Gasteiger partial charge in [-0.05, 0) is 17.7 Å². The molecule has 0 aliphatic heterocycles. The van der Waals surface area contributed by atoms with E-state index < -0.39 is 0 Å². The minimum absolute atomic E-state index is 0.0380.